The monoisotopic (exact) mass is 318 g/mol. The van der Waals surface area contributed by atoms with Crippen LogP contribution in [0.4, 0.5) is 0 Å². The van der Waals surface area contributed by atoms with Crippen molar-refractivity contribution in [3.63, 3.8) is 0 Å². The third-order valence-electron chi connectivity index (χ3n) is 3.56. The highest BCUT2D eigenvalue weighted by Gasteiger charge is 2.27. The number of nitrogens with zero attached hydrogens (tertiary/aromatic N) is 4. The van der Waals surface area contributed by atoms with E-state index in [1.807, 2.05) is 42.3 Å². The first-order chi connectivity index (χ1) is 10.6. The van der Waals surface area contributed by atoms with E-state index in [0.29, 0.717) is 17.3 Å². The van der Waals surface area contributed by atoms with Crippen LogP contribution in [0.2, 0.25) is 0 Å². The highest BCUT2D eigenvalue weighted by molar-refractivity contribution is 7.17. The Morgan fingerprint density at radius 2 is 2.05 bits per heavy atom. The maximum absolute atomic E-state index is 10.5. The van der Waals surface area contributed by atoms with E-state index >= 15 is 0 Å². The summed E-state index contributed by atoms with van der Waals surface area (Å²) in [6.07, 6.45) is 0. The van der Waals surface area contributed by atoms with Crippen molar-refractivity contribution in [3.8, 4) is 5.88 Å². The summed E-state index contributed by atoms with van der Waals surface area (Å²) in [7, 11) is 1.93. The molecular weight excluding hydrogens is 300 g/mol. The molecule has 116 valence electrons. The summed E-state index contributed by atoms with van der Waals surface area (Å²) in [5.41, 5.74) is 1.05. The Morgan fingerprint density at radius 1 is 1.32 bits per heavy atom. The van der Waals surface area contributed by atoms with Crippen LogP contribution >= 0.6 is 11.3 Å². The lowest BCUT2D eigenvalue weighted by Gasteiger charge is -2.26. The Morgan fingerprint density at radius 3 is 2.68 bits per heavy atom. The smallest absolute Gasteiger partial charge is 0.230 e. The average molecular weight is 318 g/mol. The number of hydrogen-bond donors (Lipinski definition) is 2. The van der Waals surface area contributed by atoms with Crippen LogP contribution in [0.15, 0.2) is 30.3 Å². The number of aliphatic hydroxyl groups excluding tert-OH is 1. The molecule has 1 aromatic carbocycles. The minimum absolute atomic E-state index is 0.0560. The van der Waals surface area contributed by atoms with Crippen LogP contribution in [-0.2, 0) is 0 Å². The fourth-order valence-electron chi connectivity index (χ4n) is 2.55. The van der Waals surface area contributed by atoms with Gasteiger partial charge in [-0.05, 0) is 19.5 Å². The van der Waals surface area contributed by atoms with Gasteiger partial charge in [0.25, 0.3) is 0 Å². The summed E-state index contributed by atoms with van der Waals surface area (Å²) in [5.74, 6) is 0.743. The molecule has 22 heavy (non-hydrogen) atoms. The highest BCUT2D eigenvalue weighted by Crippen LogP contribution is 2.39. The van der Waals surface area contributed by atoms with Crippen molar-refractivity contribution < 1.29 is 10.2 Å². The number of thiazole rings is 1. The van der Waals surface area contributed by atoms with Crippen LogP contribution in [0.25, 0.3) is 4.96 Å². The number of aromatic hydroxyl groups is 1. The predicted octanol–water partition coefficient (Wildman–Crippen LogP) is 1.82. The van der Waals surface area contributed by atoms with Gasteiger partial charge in [-0.2, -0.15) is 4.52 Å². The summed E-state index contributed by atoms with van der Waals surface area (Å²) in [6, 6.07) is 9.76. The molecule has 0 saturated carbocycles. The van der Waals surface area contributed by atoms with Crippen LogP contribution in [0.5, 0.6) is 5.88 Å². The van der Waals surface area contributed by atoms with Gasteiger partial charge < -0.3 is 10.2 Å². The number of rotatable bonds is 5. The Balaban J connectivity index is 2.11. The fourth-order valence-corrected chi connectivity index (χ4v) is 3.75. The Labute approximate surface area is 132 Å². The largest absolute Gasteiger partial charge is 0.492 e. The van der Waals surface area contributed by atoms with Gasteiger partial charge in [0.2, 0.25) is 10.8 Å². The van der Waals surface area contributed by atoms with E-state index in [4.69, 9.17) is 0 Å². The van der Waals surface area contributed by atoms with E-state index in [2.05, 4.69) is 10.1 Å². The highest BCUT2D eigenvalue weighted by atomic mass is 32.1. The first-order valence-corrected chi connectivity index (χ1v) is 7.84. The number of likely N-dealkylation sites (N-methyl/N-ethyl adjacent to an activating group) is 1. The number of hydrogen-bond acceptors (Lipinski definition) is 6. The maximum atomic E-state index is 10.5. The number of aliphatic hydroxyl groups is 1. The molecular formula is C15H18N4O2S. The molecule has 2 heterocycles. The second kappa shape index (κ2) is 6.04. The molecule has 0 fully saturated rings. The number of aromatic nitrogens is 3. The van der Waals surface area contributed by atoms with Crippen molar-refractivity contribution in [1.29, 1.82) is 0 Å². The van der Waals surface area contributed by atoms with Crippen molar-refractivity contribution in [2.45, 2.75) is 13.0 Å². The summed E-state index contributed by atoms with van der Waals surface area (Å²) in [5, 5.41) is 24.0. The van der Waals surface area contributed by atoms with Crippen molar-refractivity contribution in [2.75, 3.05) is 20.2 Å². The van der Waals surface area contributed by atoms with Crippen LogP contribution in [-0.4, -0.2) is 49.9 Å². The molecule has 0 aliphatic heterocycles. The first-order valence-electron chi connectivity index (χ1n) is 7.03. The lowest BCUT2D eigenvalue weighted by molar-refractivity contribution is 0.196. The molecule has 1 atom stereocenters. The molecule has 0 saturated heterocycles. The zero-order chi connectivity index (χ0) is 15.7. The van der Waals surface area contributed by atoms with Gasteiger partial charge in [-0.15, -0.1) is 5.10 Å². The molecule has 0 spiro atoms. The summed E-state index contributed by atoms with van der Waals surface area (Å²) in [6.45, 7) is 2.36. The van der Waals surface area contributed by atoms with Crippen molar-refractivity contribution in [3.05, 3.63) is 46.6 Å². The van der Waals surface area contributed by atoms with Gasteiger partial charge in [-0.3, -0.25) is 4.90 Å². The maximum Gasteiger partial charge on any atom is 0.230 e. The normalized spacial score (nSPS) is 13.1. The van der Waals surface area contributed by atoms with Gasteiger partial charge in [0, 0.05) is 6.54 Å². The second-order valence-corrected chi connectivity index (χ2v) is 6.17. The Bertz CT molecular complexity index is 769. The van der Waals surface area contributed by atoms with Crippen molar-refractivity contribution in [2.24, 2.45) is 0 Å². The number of benzene rings is 1. The topological polar surface area (TPSA) is 73.9 Å². The van der Waals surface area contributed by atoms with Crippen LogP contribution in [0, 0.1) is 6.92 Å². The van der Waals surface area contributed by atoms with E-state index in [0.717, 1.165) is 10.4 Å². The zero-order valence-corrected chi connectivity index (χ0v) is 13.3. The minimum atomic E-state index is -0.151. The van der Waals surface area contributed by atoms with E-state index < -0.39 is 0 Å². The molecule has 0 aliphatic carbocycles. The van der Waals surface area contributed by atoms with Gasteiger partial charge in [0.05, 0.1) is 17.5 Å². The molecule has 0 bridgehead atoms. The van der Waals surface area contributed by atoms with Crippen LogP contribution in [0.3, 0.4) is 0 Å². The minimum Gasteiger partial charge on any atom is -0.492 e. The lowest BCUT2D eigenvalue weighted by atomic mass is 10.0. The predicted molar refractivity (Wildman–Crippen MR) is 85.3 cm³/mol. The SMILES string of the molecule is Cc1nc2sc(C(c3ccccc3)N(C)CCO)c(O)n2n1. The molecule has 0 radical (unpaired) electrons. The van der Waals surface area contributed by atoms with Crippen LogP contribution in [0.1, 0.15) is 22.3 Å². The van der Waals surface area contributed by atoms with Crippen molar-refractivity contribution >= 4 is 16.3 Å². The summed E-state index contributed by atoms with van der Waals surface area (Å²) in [4.78, 5) is 7.77. The van der Waals surface area contributed by atoms with E-state index in [9.17, 15) is 10.2 Å². The van der Waals surface area contributed by atoms with Gasteiger partial charge in [-0.1, -0.05) is 41.7 Å². The van der Waals surface area contributed by atoms with Crippen LogP contribution < -0.4 is 0 Å². The van der Waals surface area contributed by atoms with E-state index in [1.165, 1.54) is 15.9 Å². The number of fused-ring (bicyclic) bond motifs is 1. The molecule has 3 rings (SSSR count). The zero-order valence-electron chi connectivity index (χ0n) is 12.5. The fraction of sp³-hybridized carbons (Fsp3) is 0.333. The number of aryl methyl sites for hydroxylation is 1. The van der Waals surface area contributed by atoms with Gasteiger partial charge in [0.15, 0.2) is 0 Å². The molecule has 7 heteroatoms. The third-order valence-corrected chi connectivity index (χ3v) is 4.64. The molecule has 0 aliphatic rings. The Kier molecular flexibility index (Phi) is 4.10. The molecule has 2 aromatic heterocycles. The molecule has 2 N–H and O–H groups in total. The lowest BCUT2D eigenvalue weighted by Crippen LogP contribution is -2.28. The van der Waals surface area contributed by atoms with E-state index in [1.54, 1.807) is 6.92 Å². The summed E-state index contributed by atoms with van der Waals surface area (Å²) >= 11 is 1.42. The molecule has 6 nitrogen and oxygen atoms in total. The molecule has 1 unspecified atom stereocenters. The second-order valence-electron chi connectivity index (χ2n) is 5.16. The first kappa shape index (κ1) is 15.0. The van der Waals surface area contributed by atoms with Gasteiger partial charge >= 0.3 is 0 Å². The third kappa shape index (κ3) is 2.58. The molecule has 3 aromatic rings. The van der Waals surface area contributed by atoms with Gasteiger partial charge in [-0.25, -0.2) is 4.98 Å². The summed E-state index contributed by atoms with van der Waals surface area (Å²) < 4.78 is 1.47. The van der Waals surface area contributed by atoms with Crippen molar-refractivity contribution in [1.82, 2.24) is 19.5 Å². The average Bonchev–Trinajstić information content (AvgIpc) is 3.00. The standard InChI is InChI=1S/C15H18N4O2S/c1-10-16-15-19(17-10)14(21)13(22-15)12(18(2)8-9-20)11-6-4-3-5-7-11/h3-7,12,20-21H,8-9H2,1-2H3. The Hall–Kier alpha value is -1.96. The quantitative estimate of drug-likeness (QED) is 0.750. The molecule has 0 amide bonds. The van der Waals surface area contributed by atoms with E-state index in [-0.39, 0.29) is 18.5 Å². The van der Waals surface area contributed by atoms with Gasteiger partial charge in [0.1, 0.15) is 5.82 Å².